The first-order chi connectivity index (χ1) is 9.63. The molecule has 1 aliphatic rings. The second-order valence-corrected chi connectivity index (χ2v) is 4.95. The molecule has 0 aliphatic heterocycles. The van der Waals surface area contributed by atoms with E-state index in [1.54, 1.807) is 13.0 Å². The van der Waals surface area contributed by atoms with Gasteiger partial charge >= 0.3 is 0 Å². The maximum absolute atomic E-state index is 11.0. The van der Waals surface area contributed by atoms with Crippen molar-refractivity contribution in [2.75, 3.05) is 0 Å². The van der Waals surface area contributed by atoms with E-state index in [0.717, 1.165) is 24.2 Å². The van der Waals surface area contributed by atoms with Gasteiger partial charge in [-0.1, -0.05) is 12.1 Å². The Bertz CT molecular complexity index is 675. The van der Waals surface area contributed by atoms with Gasteiger partial charge in [-0.3, -0.25) is 10.1 Å². The molecular formula is C13H15N5O2. The molecule has 1 fully saturated rings. The van der Waals surface area contributed by atoms with Crippen LogP contribution in [-0.2, 0) is 6.54 Å². The molecule has 7 heteroatoms. The molecule has 2 N–H and O–H groups in total. The summed E-state index contributed by atoms with van der Waals surface area (Å²) in [5.41, 5.74) is 7.15. The van der Waals surface area contributed by atoms with Crippen LogP contribution in [0.1, 0.15) is 30.3 Å². The Hall–Kier alpha value is -2.28. The fraction of sp³-hybridized carbons (Fsp3) is 0.385. The molecule has 0 atom stereocenters. The average molecular weight is 273 g/mol. The fourth-order valence-corrected chi connectivity index (χ4v) is 2.43. The number of nitrogens with zero attached hydrogens (tertiary/aromatic N) is 4. The molecular weight excluding hydrogens is 258 g/mol. The molecule has 1 heterocycles. The van der Waals surface area contributed by atoms with Crippen LogP contribution >= 0.6 is 0 Å². The summed E-state index contributed by atoms with van der Waals surface area (Å²) >= 11 is 0. The highest BCUT2D eigenvalue weighted by molar-refractivity contribution is 5.66. The number of nitrogens with two attached hydrogens (primary N) is 1. The number of hydrogen-bond donors (Lipinski definition) is 1. The highest BCUT2D eigenvalue weighted by Crippen LogP contribution is 2.40. The number of nitro groups is 1. The van der Waals surface area contributed by atoms with Gasteiger partial charge in [0.15, 0.2) is 5.82 Å². The summed E-state index contributed by atoms with van der Waals surface area (Å²) in [6.45, 7) is 2.05. The molecule has 0 saturated heterocycles. The normalized spacial score (nSPS) is 14.5. The Kier molecular flexibility index (Phi) is 2.98. The van der Waals surface area contributed by atoms with E-state index in [2.05, 4.69) is 10.2 Å². The Morgan fingerprint density at radius 2 is 2.20 bits per heavy atom. The summed E-state index contributed by atoms with van der Waals surface area (Å²) in [6.07, 6.45) is 2.15. The van der Waals surface area contributed by atoms with E-state index in [9.17, 15) is 10.1 Å². The van der Waals surface area contributed by atoms with Gasteiger partial charge in [-0.15, -0.1) is 10.2 Å². The molecule has 20 heavy (non-hydrogen) atoms. The van der Waals surface area contributed by atoms with Crippen LogP contribution in [0.4, 0.5) is 5.69 Å². The molecule has 7 nitrogen and oxygen atoms in total. The second kappa shape index (κ2) is 4.68. The summed E-state index contributed by atoms with van der Waals surface area (Å²) in [5.74, 6) is 1.41. The predicted octanol–water partition coefficient (Wildman–Crippen LogP) is 1.96. The van der Waals surface area contributed by atoms with Gasteiger partial charge in [-0.05, 0) is 19.8 Å². The fourth-order valence-electron chi connectivity index (χ4n) is 2.43. The monoisotopic (exact) mass is 273 g/mol. The first-order valence-electron chi connectivity index (χ1n) is 6.51. The Morgan fingerprint density at radius 3 is 2.80 bits per heavy atom. The molecule has 0 bridgehead atoms. The lowest BCUT2D eigenvalue weighted by molar-refractivity contribution is -0.385. The smallest absolute Gasteiger partial charge is 0.273 e. The molecule has 0 amide bonds. The molecule has 1 aromatic carbocycles. The zero-order valence-electron chi connectivity index (χ0n) is 11.1. The van der Waals surface area contributed by atoms with E-state index >= 15 is 0 Å². The lowest BCUT2D eigenvalue weighted by atomic mass is 10.1. The summed E-state index contributed by atoms with van der Waals surface area (Å²) < 4.78 is 2.02. The lowest BCUT2D eigenvalue weighted by Crippen LogP contribution is -2.08. The quantitative estimate of drug-likeness (QED) is 0.678. The van der Waals surface area contributed by atoms with Crippen LogP contribution in [0.25, 0.3) is 11.4 Å². The highest BCUT2D eigenvalue weighted by Gasteiger charge is 2.30. The van der Waals surface area contributed by atoms with Gasteiger partial charge in [0.2, 0.25) is 0 Å². The minimum atomic E-state index is -0.374. The maximum atomic E-state index is 11.0. The van der Waals surface area contributed by atoms with E-state index in [4.69, 9.17) is 5.73 Å². The number of nitro benzene ring substituents is 1. The summed E-state index contributed by atoms with van der Waals surface area (Å²) in [6, 6.07) is 5.39. The van der Waals surface area contributed by atoms with Crippen molar-refractivity contribution in [3.8, 4) is 11.4 Å². The SMILES string of the molecule is Cc1c(-c2nnc(CN)n2C2CC2)cccc1[N+](=O)[O-]. The van der Waals surface area contributed by atoms with E-state index in [0.29, 0.717) is 24.0 Å². The molecule has 1 aromatic heterocycles. The third-order valence-corrected chi connectivity index (χ3v) is 3.60. The van der Waals surface area contributed by atoms with Gasteiger partial charge in [0.25, 0.3) is 5.69 Å². The minimum absolute atomic E-state index is 0.0992. The number of aromatic nitrogens is 3. The predicted molar refractivity (Wildman–Crippen MR) is 73.0 cm³/mol. The van der Waals surface area contributed by atoms with E-state index in [1.165, 1.54) is 6.07 Å². The minimum Gasteiger partial charge on any atom is -0.324 e. The van der Waals surface area contributed by atoms with Crippen LogP contribution in [0.3, 0.4) is 0 Å². The van der Waals surface area contributed by atoms with Gasteiger partial charge in [0, 0.05) is 23.2 Å². The van der Waals surface area contributed by atoms with E-state index < -0.39 is 0 Å². The summed E-state index contributed by atoms with van der Waals surface area (Å²) in [7, 11) is 0. The zero-order valence-corrected chi connectivity index (χ0v) is 11.1. The van der Waals surface area contributed by atoms with Crippen LogP contribution in [-0.4, -0.2) is 19.7 Å². The molecule has 1 saturated carbocycles. The molecule has 3 rings (SSSR count). The first-order valence-corrected chi connectivity index (χ1v) is 6.51. The van der Waals surface area contributed by atoms with Crippen molar-refractivity contribution < 1.29 is 4.92 Å². The Morgan fingerprint density at radius 1 is 1.45 bits per heavy atom. The third kappa shape index (κ3) is 1.96. The molecule has 0 spiro atoms. The van der Waals surface area contributed by atoms with Gasteiger partial charge in [-0.2, -0.15) is 0 Å². The Balaban J connectivity index is 2.16. The van der Waals surface area contributed by atoms with Gasteiger partial charge in [0.1, 0.15) is 5.82 Å². The topological polar surface area (TPSA) is 99.9 Å². The van der Waals surface area contributed by atoms with Crippen LogP contribution in [0, 0.1) is 17.0 Å². The standard InChI is InChI=1S/C13H15N5O2/c1-8-10(3-2-4-11(8)18(19)20)13-16-15-12(7-14)17(13)9-5-6-9/h2-4,9H,5-7,14H2,1H3. The Labute approximate surface area is 115 Å². The largest absolute Gasteiger partial charge is 0.324 e. The van der Waals surface area contributed by atoms with Gasteiger partial charge in [-0.25, -0.2) is 0 Å². The van der Waals surface area contributed by atoms with E-state index in [-0.39, 0.29) is 10.6 Å². The van der Waals surface area contributed by atoms with Gasteiger partial charge < -0.3 is 10.3 Å². The van der Waals surface area contributed by atoms with Crippen molar-refractivity contribution in [1.82, 2.24) is 14.8 Å². The first kappa shape index (κ1) is 12.7. The zero-order chi connectivity index (χ0) is 14.3. The van der Waals surface area contributed by atoms with Gasteiger partial charge in [0.05, 0.1) is 11.5 Å². The van der Waals surface area contributed by atoms with Crippen molar-refractivity contribution in [3.63, 3.8) is 0 Å². The van der Waals surface area contributed by atoms with E-state index in [1.807, 2.05) is 10.6 Å². The number of benzene rings is 1. The van der Waals surface area contributed by atoms with Crippen molar-refractivity contribution in [2.24, 2.45) is 5.73 Å². The number of hydrogen-bond acceptors (Lipinski definition) is 5. The summed E-state index contributed by atoms with van der Waals surface area (Å²) in [4.78, 5) is 10.7. The molecule has 104 valence electrons. The second-order valence-electron chi connectivity index (χ2n) is 4.95. The lowest BCUT2D eigenvalue weighted by Gasteiger charge is -2.10. The molecule has 2 aromatic rings. The van der Waals surface area contributed by atoms with Crippen molar-refractivity contribution >= 4 is 5.69 Å². The molecule has 1 aliphatic carbocycles. The molecule has 0 unspecified atom stereocenters. The van der Waals surface area contributed by atoms with Crippen molar-refractivity contribution in [1.29, 1.82) is 0 Å². The highest BCUT2D eigenvalue weighted by atomic mass is 16.6. The average Bonchev–Trinajstić information content (AvgIpc) is 3.18. The number of rotatable bonds is 4. The summed E-state index contributed by atoms with van der Waals surface area (Å²) in [5, 5.41) is 19.3. The molecule has 0 radical (unpaired) electrons. The van der Waals surface area contributed by atoms with Crippen LogP contribution in [0.15, 0.2) is 18.2 Å². The van der Waals surface area contributed by atoms with Crippen LogP contribution in [0.5, 0.6) is 0 Å². The van der Waals surface area contributed by atoms with Crippen molar-refractivity contribution in [2.45, 2.75) is 32.4 Å². The van der Waals surface area contributed by atoms with Crippen molar-refractivity contribution in [3.05, 3.63) is 39.7 Å². The van der Waals surface area contributed by atoms with Crippen LogP contribution < -0.4 is 5.73 Å². The maximum Gasteiger partial charge on any atom is 0.273 e. The third-order valence-electron chi connectivity index (χ3n) is 3.60. The van der Waals surface area contributed by atoms with Crippen LogP contribution in [0.2, 0.25) is 0 Å².